The average Bonchev–Trinajstić information content (AvgIpc) is 2.67. The summed E-state index contributed by atoms with van der Waals surface area (Å²) in [5, 5.41) is 0.639. The molecule has 2 heterocycles. The molecule has 0 bridgehead atoms. The Bertz CT molecular complexity index is 593. The van der Waals surface area contributed by atoms with E-state index in [0.717, 1.165) is 31.8 Å². The Hall–Kier alpha value is -1.17. The number of anilines is 1. The molecule has 2 aromatic rings. The van der Waals surface area contributed by atoms with Crippen LogP contribution in [0.3, 0.4) is 0 Å². The normalized spacial score (nSPS) is 19.9. The van der Waals surface area contributed by atoms with E-state index < -0.39 is 0 Å². The molecular weight excluding hydrogens is 258 g/mol. The molecule has 0 radical (unpaired) electrons. The molecule has 0 amide bonds. The summed E-state index contributed by atoms with van der Waals surface area (Å²) in [4.78, 5) is 6.73. The topological polar surface area (TPSA) is 51.4 Å². The molecule has 1 aromatic carbocycles. The monoisotopic (exact) mass is 277 g/mol. The molecule has 1 aliphatic rings. The van der Waals surface area contributed by atoms with Crippen LogP contribution in [0.4, 0.5) is 5.13 Å². The Morgan fingerprint density at radius 2 is 2.32 bits per heavy atom. The minimum atomic E-state index is -0.0444. The number of benzene rings is 1. The molecule has 1 saturated heterocycles. The molecule has 0 unspecified atom stereocenters. The summed E-state index contributed by atoms with van der Waals surface area (Å²) in [5.41, 5.74) is 8.00. The van der Waals surface area contributed by atoms with E-state index in [0.29, 0.717) is 5.13 Å². The highest BCUT2D eigenvalue weighted by atomic mass is 32.1. The van der Waals surface area contributed by atoms with Crippen molar-refractivity contribution in [1.82, 2.24) is 9.88 Å². The SMILES string of the molecule is CC1(C)CN(Cc2ccc3nc(N)sc3c2)CCO1. The number of nitrogens with two attached hydrogens (primary N) is 1. The summed E-state index contributed by atoms with van der Waals surface area (Å²) in [7, 11) is 0. The van der Waals surface area contributed by atoms with Gasteiger partial charge in [-0.3, -0.25) is 4.90 Å². The minimum Gasteiger partial charge on any atom is -0.375 e. The Labute approximate surface area is 117 Å². The van der Waals surface area contributed by atoms with Crippen LogP contribution in [0.2, 0.25) is 0 Å². The summed E-state index contributed by atoms with van der Waals surface area (Å²) in [6, 6.07) is 6.40. The second-order valence-electron chi connectivity index (χ2n) is 5.67. The van der Waals surface area contributed by atoms with Gasteiger partial charge in [0.15, 0.2) is 5.13 Å². The predicted molar refractivity (Wildman–Crippen MR) is 79.3 cm³/mol. The van der Waals surface area contributed by atoms with Gasteiger partial charge in [0.1, 0.15) is 0 Å². The van der Waals surface area contributed by atoms with E-state index >= 15 is 0 Å². The lowest BCUT2D eigenvalue weighted by molar-refractivity contribution is -0.0882. The highest BCUT2D eigenvalue weighted by Gasteiger charge is 2.26. The van der Waals surface area contributed by atoms with E-state index in [1.165, 1.54) is 10.3 Å². The molecule has 0 aliphatic carbocycles. The van der Waals surface area contributed by atoms with Gasteiger partial charge >= 0.3 is 0 Å². The van der Waals surface area contributed by atoms with E-state index in [4.69, 9.17) is 10.5 Å². The molecule has 2 N–H and O–H groups in total. The zero-order chi connectivity index (χ0) is 13.5. The predicted octanol–water partition coefficient (Wildman–Crippen LogP) is 2.49. The van der Waals surface area contributed by atoms with Gasteiger partial charge in [0.2, 0.25) is 0 Å². The quantitative estimate of drug-likeness (QED) is 0.916. The zero-order valence-electron chi connectivity index (χ0n) is 11.3. The number of fused-ring (bicyclic) bond motifs is 1. The molecule has 1 aliphatic heterocycles. The van der Waals surface area contributed by atoms with Crippen molar-refractivity contribution in [2.75, 3.05) is 25.4 Å². The van der Waals surface area contributed by atoms with Crippen LogP contribution in [0, 0.1) is 0 Å². The number of aromatic nitrogens is 1. The maximum Gasteiger partial charge on any atom is 0.181 e. The summed E-state index contributed by atoms with van der Waals surface area (Å²) >= 11 is 1.55. The number of ether oxygens (including phenoxy) is 1. The fraction of sp³-hybridized carbons (Fsp3) is 0.500. The third-order valence-corrected chi connectivity index (χ3v) is 4.23. The van der Waals surface area contributed by atoms with Crippen LogP contribution in [-0.4, -0.2) is 35.2 Å². The first-order valence-corrected chi connectivity index (χ1v) is 7.35. The first-order valence-electron chi connectivity index (χ1n) is 6.53. The molecule has 0 atom stereocenters. The van der Waals surface area contributed by atoms with Gasteiger partial charge in [-0.1, -0.05) is 17.4 Å². The Balaban J connectivity index is 1.77. The molecule has 5 heteroatoms. The van der Waals surface area contributed by atoms with Gasteiger partial charge in [-0.2, -0.15) is 0 Å². The van der Waals surface area contributed by atoms with Crippen molar-refractivity contribution in [2.24, 2.45) is 0 Å². The molecule has 19 heavy (non-hydrogen) atoms. The average molecular weight is 277 g/mol. The van der Waals surface area contributed by atoms with Gasteiger partial charge < -0.3 is 10.5 Å². The molecule has 4 nitrogen and oxygen atoms in total. The summed E-state index contributed by atoms with van der Waals surface area (Å²) < 4.78 is 6.91. The van der Waals surface area contributed by atoms with Crippen molar-refractivity contribution in [1.29, 1.82) is 0 Å². The van der Waals surface area contributed by atoms with E-state index in [2.05, 4.69) is 41.9 Å². The van der Waals surface area contributed by atoms with Crippen LogP contribution in [0.25, 0.3) is 10.2 Å². The zero-order valence-corrected chi connectivity index (χ0v) is 12.2. The number of thiazole rings is 1. The van der Waals surface area contributed by atoms with Gasteiger partial charge in [-0.15, -0.1) is 0 Å². The fourth-order valence-electron chi connectivity index (χ4n) is 2.59. The van der Waals surface area contributed by atoms with Crippen molar-refractivity contribution in [3.05, 3.63) is 23.8 Å². The summed E-state index contributed by atoms with van der Waals surface area (Å²) in [5.74, 6) is 0. The van der Waals surface area contributed by atoms with E-state index in [9.17, 15) is 0 Å². The molecule has 1 fully saturated rings. The van der Waals surface area contributed by atoms with Crippen LogP contribution in [0.15, 0.2) is 18.2 Å². The van der Waals surface area contributed by atoms with Crippen LogP contribution >= 0.6 is 11.3 Å². The molecule has 0 spiro atoms. The van der Waals surface area contributed by atoms with Crippen LogP contribution in [0.1, 0.15) is 19.4 Å². The van der Waals surface area contributed by atoms with Crippen LogP contribution in [-0.2, 0) is 11.3 Å². The maximum absolute atomic E-state index is 5.74. The largest absolute Gasteiger partial charge is 0.375 e. The van der Waals surface area contributed by atoms with E-state index in [1.54, 1.807) is 11.3 Å². The summed E-state index contributed by atoms with van der Waals surface area (Å²) in [6.45, 7) is 8.02. The summed E-state index contributed by atoms with van der Waals surface area (Å²) in [6.07, 6.45) is 0. The highest BCUT2D eigenvalue weighted by molar-refractivity contribution is 7.22. The van der Waals surface area contributed by atoms with Crippen molar-refractivity contribution in [3.63, 3.8) is 0 Å². The van der Waals surface area contributed by atoms with E-state index in [1.807, 2.05) is 0 Å². The highest BCUT2D eigenvalue weighted by Crippen LogP contribution is 2.26. The van der Waals surface area contributed by atoms with Crippen molar-refractivity contribution in [3.8, 4) is 0 Å². The van der Waals surface area contributed by atoms with Gasteiger partial charge in [-0.05, 0) is 31.5 Å². The molecular formula is C14H19N3OS. The third-order valence-electron chi connectivity index (χ3n) is 3.38. The second kappa shape index (κ2) is 4.74. The lowest BCUT2D eigenvalue weighted by Gasteiger charge is -2.38. The number of hydrogen-bond donors (Lipinski definition) is 1. The van der Waals surface area contributed by atoms with Gasteiger partial charge in [0.25, 0.3) is 0 Å². The lowest BCUT2D eigenvalue weighted by Crippen LogP contribution is -2.47. The lowest BCUT2D eigenvalue weighted by atomic mass is 10.1. The van der Waals surface area contributed by atoms with E-state index in [-0.39, 0.29) is 5.60 Å². The number of morpholine rings is 1. The van der Waals surface area contributed by atoms with Crippen LogP contribution < -0.4 is 5.73 Å². The standard InChI is InChI=1S/C14H19N3OS/c1-14(2)9-17(5-6-18-14)8-10-3-4-11-12(7-10)19-13(15)16-11/h3-4,7H,5-6,8-9H2,1-2H3,(H2,15,16). The third kappa shape index (κ3) is 2.88. The first kappa shape index (κ1) is 12.8. The molecule has 102 valence electrons. The van der Waals surface area contributed by atoms with Crippen molar-refractivity contribution in [2.45, 2.75) is 26.0 Å². The van der Waals surface area contributed by atoms with Crippen molar-refractivity contribution < 1.29 is 4.74 Å². The van der Waals surface area contributed by atoms with Gasteiger partial charge in [0, 0.05) is 19.6 Å². The first-order chi connectivity index (χ1) is 9.02. The molecule has 0 saturated carbocycles. The number of rotatable bonds is 2. The Morgan fingerprint density at radius 1 is 1.47 bits per heavy atom. The number of nitrogen functional groups attached to an aromatic ring is 1. The van der Waals surface area contributed by atoms with Gasteiger partial charge in [0.05, 0.1) is 22.4 Å². The van der Waals surface area contributed by atoms with Crippen LogP contribution in [0.5, 0.6) is 0 Å². The Morgan fingerprint density at radius 3 is 3.11 bits per heavy atom. The molecule has 1 aromatic heterocycles. The fourth-order valence-corrected chi connectivity index (χ4v) is 3.39. The van der Waals surface area contributed by atoms with Crippen molar-refractivity contribution >= 4 is 26.7 Å². The molecule has 3 rings (SSSR count). The van der Waals surface area contributed by atoms with Gasteiger partial charge in [-0.25, -0.2) is 4.98 Å². The Kier molecular flexibility index (Phi) is 3.20. The smallest absolute Gasteiger partial charge is 0.181 e. The minimum absolute atomic E-state index is 0.0444. The maximum atomic E-state index is 5.74. The number of nitrogens with zero attached hydrogens (tertiary/aromatic N) is 2. The number of hydrogen-bond acceptors (Lipinski definition) is 5. The second-order valence-corrected chi connectivity index (χ2v) is 6.74.